The van der Waals surface area contributed by atoms with Gasteiger partial charge in [0.1, 0.15) is 0 Å². The van der Waals surface area contributed by atoms with Crippen LogP contribution in [0.25, 0.3) is 0 Å². The second kappa shape index (κ2) is 6.48. The average molecular weight is 285 g/mol. The summed E-state index contributed by atoms with van der Waals surface area (Å²) < 4.78 is 0.786. The van der Waals surface area contributed by atoms with Gasteiger partial charge >= 0.3 is 0 Å². The van der Waals surface area contributed by atoms with E-state index in [0.29, 0.717) is 18.7 Å². The molecule has 0 amide bonds. The Balaban J connectivity index is 2.96. The smallest absolute Gasteiger partial charge is 0.0992 e. The second-order valence-corrected chi connectivity index (χ2v) is 4.07. The molecule has 16 heavy (non-hydrogen) atoms. The zero-order chi connectivity index (χ0) is 12.0. The van der Waals surface area contributed by atoms with Crippen LogP contribution >= 0.6 is 15.9 Å². The van der Waals surface area contributed by atoms with Crippen molar-refractivity contribution >= 4 is 21.6 Å². The Bertz CT molecular complexity index is 384. The first-order valence-electron chi connectivity index (χ1n) is 4.89. The van der Waals surface area contributed by atoms with Gasteiger partial charge < -0.3 is 15.1 Å². The number of anilines is 1. The minimum absolute atomic E-state index is 0.0203. The first-order valence-corrected chi connectivity index (χ1v) is 5.68. The van der Waals surface area contributed by atoms with Crippen molar-refractivity contribution in [3.05, 3.63) is 28.2 Å². The fourth-order valence-corrected chi connectivity index (χ4v) is 2.06. The molecule has 0 bridgehead atoms. The van der Waals surface area contributed by atoms with E-state index in [1.807, 2.05) is 4.90 Å². The largest absolute Gasteiger partial charge is 0.395 e. The summed E-state index contributed by atoms with van der Waals surface area (Å²) in [5, 5.41) is 26.6. The molecule has 0 aliphatic heterocycles. The van der Waals surface area contributed by atoms with Crippen LogP contribution in [0.4, 0.5) is 5.69 Å². The molecular weight excluding hydrogens is 272 g/mol. The first kappa shape index (κ1) is 13.0. The highest BCUT2D eigenvalue weighted by Gasteiger charge is 2.09. The molecule has 0 heterocycles. The molecule has 1 rings (SSSR count). The van der Waals surface area contributed by atoms with Crippen molar-refractivity contribution < 1.29 is 10.2 Å². The molecule has 0 aliphatic rings. The van der Waals surface area contributed by atoms with E-state index in [2.05, 4.69) is 22.0 Å². The molecule has 0 radical (unpaired) electrons. The summed E-state index contributed by atoms with van der Waals surface area (Å²) >= 11 is 3.37. The van der Waals surface area contributed by atoms with Crippen LogP contribution in [0, 0.1) is 11.3 Å². The van der Waals surface area contributed by atoms with Gasteiger partial charge in [0.05, 0.1) is 30.5 Å². The first-order chi connectivity index (χ1) is 7.72. The van der Waals surface area contributed by atoms with Gasteiger partial charge in [0.25, 0.3) is 0 Å². The van der Waals surface area contributed by atoms with Crippen molar-refractivity contribution in [1.82, 2.24) is 0 Å². The monoisotopic (exact) mass is 284 g/mol. The molecule has 0 saturated carbocycles. The Morgan fingerprint density at radius 2 is 1.88 bits per heavy atom. The molecule has 2 N–H and O–H groups in total. The van der Waals surface area contributed by atoms with E-state index in [4.69, 9.17) is 15.5 Å². The molecular formula is C11H13BrN2O2. The van der Waals surface area contributed by atoms with Crippen molar-refractivity contribution in [2.24, 2.45) is 0 Å². The van der Waals surface area contributed by atoms with Crippen molar-refractivity contribution in [1.29, 1.82) is 5.26 Å². The van der Waals surface area contributed by atoms with Crippen LogP contribution in [-0.4, -0.2) is 36.5 Å². The third kappa shape index (κ3) is 3.20. The zero-order valence-electron chi connectivity index (χ0n) is 8.73. The second-order valence-electron chi connectivity index (χ2n) is 3.21. The van der Waals surface area contributed by atoms with Gasteiger partial charge in [-0.3, -0.25) is 0 Å². The number of hydrogen-bond donors (Lipinski definition) is 2. The summed E-state index contributed by atoms with van der Waals surface area (Å²) in [6, 6.07) is 7.28. The van der Waals surface area contributed by atoms with Crippen LogP contribution < -0.4 is 4.90 Å². The van der Waals surface area contributed by atoms with Crippen molar-refractivity contribution in [2.75, 3.05) is 31.2 Å². The SMILES string of the molecule is N#Cc1ccc(N(CCO)CCO)c(Br)c1. The molecule has 4 nitrogen and oxygen atoms in total. The Kier molecular flexibility index (Phi) is 5.26. The van der Waals surface area contributed by atoms with E-state index in [1.165, 1.54) is 0 Å². The minimum atomic E-state index is 0.0203. The van der Waals surface area contributed by atoms with Crippen LogP contribution in [0.15, 0.2) is 22.7 Å². The topological polar surface area (TPSA) is 67.5 Å². The lowest BCUT2D eigenvalue weighted by molar-refractivity contribution is 0.281. The highest BCUT2D eigenvalue weighted by Crippen LogP contribution is 2.26. The number of benzene rings is 1. The summed E-state index contributed by atoms with van der Waals surface area (Å²) in [6.07, 6.45) is 0. The van der Waals surface area contributed by atoms with Gasteiger partial charge in [-0.15, -0.1) is 0 Å². The van der Waals surface area contributed by atoms with Crippen LogP contribution in [-0.2, 0) is 0 Å². The number of aliphatic hydroxyl groups is 2. The van der Waals surface area contributed by atoms with Crippen molar-refractivity contribution in [3.8, 4) is 6.07 Å². The normalized spacial score (nSPS) is 9.88. The van der Waals surface area contributed by atoms with E-state index in [9.17, 15) is 0 Å². The Hall–Kier alpha value is -1.09. The van der Waals surface area contributed by atoms with Gasteiger partial charge in [-0.2, -0.15) is 5.26 Å². The molecule has 0 atom stereocenters. The molecule has 0 unspecified atom stereocenters. The number of nitrogens with zero attached hydrogens (tertiary/aromatic N) is 2. The maximum absolute atomic E-state index is 8.93. The van der Waals surface area contributed by atoms with Gasteiger partial charge in [-0.05, 0) is 34.1 Å². The van der Waals surface area contributed by atoms with E-state index in [1.54, 1.807) is 18.2 Å². The number of nitriles is 1. The third-order valence-electron chi connectivity index (χ3n) is 2.16. The average Bonchev–Trinajstić information content (AvgIpc) is 2.29. The lowest BCUT2D eigenvalue weighted by atomic mass is 10.2. The maximum atomic E-state index is 8.93. The zero-order valence-corrected chi connectivity index (χ0v) is 10.3. The summed E-state index contributed by atoms with van der Waals surface area (Å²) in [6.45, 7) is 0.939. The van der Waals surface area contributed by atoms with Gasteiger partial charge in [0.2, 0.25) is 0 Å². The summed E-state index contributed by atoms with van der Waals surface area (Å²) in [5.41, 5.74) is 1.44. The predicted octanol–water partition coefficient (Wildman–Crippen LogP) is 1.11. The Morgan fingerprint density at radius 1 is 1.25 bits per heavy atom. The van der Waals surface area contributed by atoms with Crippen molar-refractivity contribution in [2.45, 2.75) is 0 Å². The fourth-order valence-electron chi connectivity index (χ4n) is 1.43. The van der Waals surface area contributed by atoms with Crippen LogP contribution in [0.2, 0.25) is 0 Å². The summed E-state index contributed by atoms with van der Waals surface area (Å²) in [5.74, 6) is 0. The minimum Gasteiger partial charge on any atom is -0.395 e. The van der Waals surface area contributed by atoms with E-state index in [-0.39, 0.29) is 13.2 Å². The third-order valence-corrected chi connectivity index (χ3v) is 2.79. The molecule has 0 saturated heterocycles. The van der Waals surface area contributed by atoms with Crippen LogP contribution in [0.5, 0.6) is 0 Å². The summed E-state index contributed by atoms with van der Waals surface area (Å²) in [4.78, 5) is 1.85. The molecule has 1 aromatic carbocycles. The standard InChI is InChI=1S/C11H13BrN2O2/c12-10-7-9(8-13)1-2-11(10)14(3-5-15)4-6-16/h1-2,7,15-16H,3-6H2. The molecule has 0 spiro atoms. The Morgan fingerprint density at radius 3 is 2.31 bits per heavy atom. The van der Waals surface area contributed by atoms with E-state index >= 15 is 0 Å². The van der Waals surface area contributed by atoms with Gasteiger partial charge in [0.15, 0.2) is 0 Å². The molecule has 0 aliphatic carbocycles. The number of halogens is 1. The predicted molar refractivity (Wildman–Crippen MR) is 65.2 cm³/mol. The van der Waals surface area contributed by atoms with E-state index < -0.39 is 0 Å². The van der Waals surface area contributed by atoms with Crippen LogP contribution in [0.3, 0.4) is 0 Å². The fraction of sp³-hybridized carbons (Fsp3) is 0.364. The number of hydrogen-bond acceptors (Lipinski definition) is 4. The highest BCUT2D eigenvalue weighted by molar-refractivity contribution is 9.10. The lowest BCUT2D eigenvalue weighted by Gasteiger charge is -2.24. The number of aliphatic hydroxyl groups excluding tert-OH is 2. The van der Waals surface area contributed by atoms with Crippen LogP contribution in [0.1, 0.15) is 5.56 Å². The maximum Gasteiger partial charge on any atom is 0.0992 e. The summed E-state index contributed by atoms with van der Waals surface area (Å²) in [7, 11) is 0. The molecule has 1 aromatic rings. The van der Waals surface area contributed by atoms with Gasteiger partial charge in [-0.25, -0.2) is 0 Å². The Labute approximate surface area is 103 Å². The molecule has 0 fully saturated rings. The molecule has 5 heteroatoms. The quantitative estimate of drug-likeness (QED) is 0.850. The number of rotatable bonds is 5. The van der Waals surface area contributed by atoms with E-state index in [0.717, 1.165) is 10.2 Å². The lowest BCUT2D eigenvalue weighted by Crippen LogP contribution is -2.29. The highest BCUT2D eigenvalue weighted by atomic mass is 79.9. The molecule has 0 aromatic heterocycles. The van der Waals surface area contributed by atoms with Crippen molar-refractivity contribution in [3.63, 3.8) is 0 Å². The molecule has 86 valence electrons. The van der Waals surface area contributed by atoms with Gasteiger partial charge in [0, 0.05) is 17.6 Å². The van der Waals surface area contributed by atoms with Gasteiger partial charge in [-0.1, -0.05) is 0 Å².